The van der Waals surface area contributed by atoms with Crippen molar-refractivity contribution in [2.75, 3.05) is 13.2 Å². The van der Waals surface area contributed by atoms with Gasteiger partial charge in [0.25, 0.3) is 0 Å². The maximum absolute atomic E-state index is 11.5. The summed E-state index contributed by atoms with van der Waals surface area (Å²) in [6, 6.07) is 0. The van der Waals surface area contributed by atoms with Crippen LogP contribution in [0.4, 0.5) is 18.0 Å². The molecule has 0 spiro atoms. The normalized spacial score (nSPS) is 11.7. The summed E-state index contributed by atoms with van der Waals surface area (Å²) in [5.41, 5.74) is 0. The quantitative estimate of drug-likeness (QED) is 0.572. The van der Waals surface area contributed by atoms with Gasteiger partial charge in [-0.2, -0.15) is 13.2 Å². The van der Waals surface area contributed by atoms with Gasteiger partial charge in [0.1, 0.15) is 0 Å². The molecule has 0 aromatic heterocycles. The number of carbonyl (C=O) groups excluding carboxylic acids is 1. The average Bonchev–Trinajstić information content (AvgIpc) is 2.08. The van der Waals surface area contributed by atoms with E-state index in [-0.39, 0.29) is 6.54 Å². The molecule has 0 bridgehead atoms. The van der Waals surface area contributed by atoms with Gasteiger partial charge in [-0.25, -0.2) is 4.79 Å². The second-order valence-corrected chi connectivity index (χ2v) is 2.48. The van der Waals surface area contributed by atoms with Crippen molar-refractivity contribution in [2.45, 2.75) is 19.5 Å². The molecule has 0 aliphatic heterocycles. The Hall–Kier alpha value is -1.20. The second-order valence-electron chi connectivity index (χ2n) is 2.48. The van der Waals surface area contributed by atoms with Crippen LogP contribution in [-0.4, -0.2) is 25.4 Å². The highest BCUT2D eigenvalue weighted by Crippen LogP contribution is 2.14. The number of alkyl carbamates (subject to hydrolysis) is 1. The van der Waals surface area contributed by atoms with Gasteiger partial charge in [0, 0.05) is 6.54 Å². The minimum atomic E-state index is -4.47. The van der Waals surface area contributed by atoms with E-state index < -0.39 is 18.9 Å². The maximum atomic E-state index is 11.5. The molecule has 82 valence electrons. The summed E-state index contributed by atoms with van der Waals surface area (Å²) in [6.45, 7) is 0.519. The second kappa shape index (κ2) is 6.28. The highest BCUT2D eigenvalue weighted by Gasteiger charge is 2.29. The molecule has 0 aliphatic carbocycles. The van der Waals surface area contributed by atoms with Crippen molar-refractivity contribution in [1.82, 2.24) is 5.32 Å². The summed E-state index contributed by atoms with van der Waals surface area (Å²) < 4.78 is 38.5. The zero-order chi connectivity index (χ0) is 11.0. The van der Waals surface area contributed by atoms with E-state index >= 15 is 0 Å². The Balaban J connectivity index is 3.47. The number of rotatable bonds is 4. The summed E-state index contributed by atoms with van der Waals surface area (Å²) >= 11 is 0. The van der Waals surface area contributed by atoms with E-state index in [4.69, 9.17) is 0 Å². The Morgan fingerprint density at radius 3 is 2.64 bits per heavy atom. The topological polar surface area (TPSA) is 38.3 Å². The van der Waals surface area contributed by atoms with Crippen molar-refractivity contribution < 1.29 is 22.7 Å². The van der Waals surface area contributed by atoms with Gasteiger partial charge in [0.15, 0.2) is 6.61 Å². The first-order valence-corrected chi connectivity index (χ1v) is 4.04. The number of hydrogen-bond donors (Lipinski definition) is 1. The number of nitrogens with one attached hydrogen (secondary N) is 1. The van der Waals surface area contributed by atoms with Gasteiger partial charge in [-0.05, 0) is 13.3 Å². The summed E-state index contributed by atoms with van der Waals surface area (Å²) in [5, 5.41) is 2.18. The summed E-state index contributed by atoms with van der Waals surface area (Å²) in [6.07, 6.45) is -1.39. The largest absolute Gasteiger partial charge is 0.440 e. The third kappa shape index (κ3) is 8.89. The molecule has 1 N–H and O–H groups in total. The average molecular weight is 211 g/mol. The molecule has 0 heterocycles. The monoisotopic (exact) mass is 211 g/mol. The first-order valence-electron chi connectivity index (χ1n) is 4.04. The van der Waals surface area contributed by atoms with E-state index in [1.807, 2.05) is 6.92 Å². The first-order chi connectivity index (χ1) is 6.45. The first kappa shape index (κ1) is 12.8. The lowest BCUT2D eigenvalue weighted by Gasteiger charge is -2.08. The van der Waals surface area contributed by atoms with E-state index in [0.29, 0.717) is 6.42 Å². The van der Waals surface area contributed by atoms with E-state index in [9.17, 15) is 18.0 Å². The smallest absolute Gasteiger partial charge is 0.422 e. The standard InChI is InChI=1S/C8H12F3NO2/c1-2-3-4-5-12-7(13)14-6-8(9,10)11/h2-3H,4-6H2,1H3,(H,12,13)/b3-2+. The van der Waals surface area contributed by atoms with Gasteiger partial charge in [0.05, 0.1) is 0 Å². The number of ether oxygens (including phenoxy) is 1. The molecule has 0 rings (SSSR count). The molecule has 0 aromatic rings. The number of amides is 1. The van der Waals surface area contributed by atoms with Gasteiger partial charge in [-0.3, -0.25) is 0 Å². The highest BCUT2D eigenvalue weighted by atomic mass is 19.4. The van der Waals surface area contributed by atoms with Crippen molar-refractivity contribution >= 4 is 6.09 Å². The molecule has 0 fully saturated rings. The van der Waals surface area contributed by atoms with Crippen LogP contribution in [0.1, 0.15) is 13.3 Å². The molecule has 0 aliphatic rings. The molecule has 6 heteroatoms. The van der Waals surface area contributed by atoms with Crippen molar-refractivity contribution in [2.24, 2.45) is 0 Å². The fourth-order valence-corrected chi connectivity index (χ4v) is 0.623. The molecule has 0 unspecified atom stereocenters. The fraction of sp³-hybridized carbons (Fsp3) is 0.625. The molecule has 14 heavy (non-hydrogen) atoms. The Kier molecular flexibility index (Phi) is 5.74. The van der Waals surface area contributed by atoms with E-state index in [1.54, 1.807) is 12.2 Å². The molecule has 0 atom stereocenters. The Morgan fingerprint density at radius 1 is 1.50 bits per heavy atom. The summed E-state index contributed by atoms with van der Waals surface area (Å²) in [4.78, 5) is 10.6. The number of carbonyl (C=O) groups is 1. The minimum absolute atomic E-state index is 0.265. The zero-order valence-corrected chi connectivity index (χ0v) is 7.73. The van der Waals surface area contributed by atoms with E-state index in [1.165, 1.54) is 0 Å². The van der Waals surface area contributed by atoms with Crippen LogP contribution in [0.3, 0.4) is 0 Å². The van der Waals surface area contributed by atoms with Gasteiger partial charge < -0.3 is 10.1 Å². The van der Waals surface area contributed by atoms with Crippen molar-refractivity contribution in [1.29, 1.82) is 0 Å². The van der Waals surface area contributed by atoms with Crippen LogP contribution < -0.4 is 5.32 Å². The lowest BCUT2D eigenvalue weighted by molar-refractivity contribution is -0.160. The predicted molar refractivity (Wildman–Crippen MR) is 44.8 cm³/mol. The van der Waals surface area contributed by atoms with E-state index in [0.717, 1.165) is 0 Å². The van der Waals surface area contributed by atoms with Gasteiger partial charge in [-0.15, -0.1) is 0 Å². The molecule has 0 aromatic carbocycles. The Bertz CT molecular complexity index is 201. The molecular formula is C8H12F3NO2. The van der Waals surface area contributed by atoms with Crippen LogP contribution >= 0.6 is 0 Å². The van der Waals surface area contributed by atoms with Crippen LogP contribution in [0.15, 0.2) is 12.2 Å². The summed E-state index contributed by atoms with van der Waals surface area (Å²) in [7, 11) is 0. The van der Waals surface area contributed by atoms with Crippen molar-refractivity contribution in [3.8, 4) is 0 Å². The number of allylic oxidation sites excluding steroid dienone is 1. The van der Waals surface area contributed by atoms with Crippen LogP contribution in [0.25, 0.3) is 0 Å². The fourth-order valence-electron chi connectivity index (χ4n) is 0.623. The van der Waals surface area contributed by atoms with Crippen molar-refractivity contribution in [3.63, 3.8) is 0 Å². The van der Waals surface area contributed by atoms with Crippen LogP contribution in [0.5, 0.6) is 0 Å². The lowest BCUT2D eigenvalue weighted by Crippen LogP contribution is -2.29. The van der Waals surface area contributed by atoms with Crippen molar-refractivity contribution in [3.05, 3.63) is 12.2 Å². The van der Waals surface area contributed by atoms with Gasteiger partial charge in [0.2, 0.25) is 0 Å². The molecule has 0 saturated heterocycles. The maximum Gasteiger partial charge on any atom is 0.422 e. The zero-order valence-electron chi connectivity index (χ0n) is 7.73. The van der Waals surface area contributed by atoms with Gasteiger partial charge in [-0.1, -0.05) is 12.2 Å². The Morgan fingerprint density at radius 2 is 2.14 bits per heavy atom. The third-order valence-corrected chi connectivity index (χ3v) is 1.18. The number of hydrogen-bond acceptors (Lipinski definition) is 2. The molecule has 0 radical (unpaired) electrons. The molecule has 3 nitrogen and oxygen atoms in total. The predicted octanol–water partition coefficient (Wildman–Crippen LogP) is 2.24. The van der Waals surface area contributed by atoms with Gasteiger partial charge >= 0.3 is 12.3 Å². The van der Waals surface area contributed by atoms with Crippen LogP contribution in [0.2, 0.25) is 0 Å². The molecule has 1 amide bonds. The summed E-state index contributed by atoms with van der Waals surface area (Å²) in [5.74, 6) is 0. The molecular weight excluding hydrogens is 199 g/mol. The third-order valence-electron chi connectivity index (χ3n) is 1.18. The number of halogens is 3. The molecule has 0 saturated carbocycles. The minimum Gasteiger partial charge on any atom is -0.440 e. The lowest BCUT2D eigenvalue weighted by atomic mass is 10.4. The van der Waals surface area contributed by atoms with E-state index in [2.05, 4.69) is 10.1 Å². The van der Waals surface area contributed by atoms with Crippen LogP contribution in [-0.2, 0) is 4.74 Å². The number of alkyl halides is 3. The highest BCUT2D eigenvalue weighted by molar-refractivity contribution is 5.67. The Labute approximate surface area is 79.9 Å². The SMILES string of the molecule is C/C=C/CCNC(=O)OCC(F)(F)F. The van der Waals surface area contributed by atoms with Crippen LogP contribution in [0, 0.1) is 0 Å².